The van der Waals surface area contributed by atoms with Crippen molar-refractivity contribution < 1.29 is 14.6 Å². The van der Waals surface area contributed by atoms with E-state index < -0.39 is 5.97 Å². The van der Waals surface area contributed by atoms with Crippen molar-refractivity contribution in [2.75, 3.05) is 0 Å². The SMILES string of the molecule is Cc1ccn2cc(COc3cccc(C(=O)O)c3)nc2c1. The molecule has 0 unspecified atom stereocenters. The van der Waals surface area contributed by atoms with Crippen molar-refractivity contribution in [3.05, 3.63) is 65.6 Å². The second-order valence-corrected chi connectivity index (χ2v) is 4.82. The molecule has 0 aliphatic carbocycles. The van der Waals surface area contributed by atoms with E-state index in [1.165, 1.54) is 12.1 Å². The lowest BCUT2D eigenvalue weighted by molar-refractivity contribution is 0.0696. The molecule has 3 rings (SSSR count). The Hall–Kier alpha value is -2.82. The number of fused-ring (bicyclic) bond motifs is 1. The number of rotatable bonds is 4. The lowest BCUT2D eigenvalue weighted by atomic mass is 10.2. The van der Waals surface area contributed by atoms with Crippen LogP contribution >= 0.6 is 0 Å². The average molecular weight is 282 g/mol. The number of hydrogen-bond acceptors (Lipinski definition) is 3. The van der Waals surface area contributed by atoms with E-state index in [4.69, 9.17) is 9.84 Å². The van der Waals surface area contributed by atoms with Crippen molar-refractivity contribution in [2.45, 2.75) is 13.5 Å². The maximum Gasteiger partial charge on any atom is 0.335 e. The number of benzene rings is 1. The van der Waals surface area contributed by atoms with Crippen LogP contribution in [0, 0.1) is 6.92 Å². The molecule has 0 bridgehead atoms. The Morgan fingerprint density at radius 1 is 1.33 bits per heavy atom. The first-order chi connectivity index (χ1) is 10.1. The Balaban J connectivity index is 1.77. The van der Waals surface area contributed by atoms with Crippen LogP contribution in [0.15, 0.2) is 48.8 Å². The second kappa shape index (κ2) is 5.28. The van der Waals surface area contributed by atoms with Crippen LogP contribution in [0.1, 0.15) is 21.6 Å². The van der Waals surface area contributed by atoms with E-state index in [1.807, 2.05) is 35.9 Å². The molecule has 106 valence electrons. The first kappa shape index (κ1) is 13.2. The fourth-order valence-electron chi connectivity index (χ4n) is 2.08. The van der Waals surface area contributed by atoms with Gasteiger partial charge in [-0.25, -0.2) is 9.78 Å². The molecule has 0 radical (unpaired) electrons. The van der Waals surface area contributed by atoms with E-state index >= 15 is 0 Å². The molecule has 0 saturated heterocycles. The largest absolute Gasteiger partial charge is 0.487 e. The third-order valence-corrected chi connectivity index (χ3v) is 3.13. The van der Waals surface area contributed by atoms with Gasteiger partial charge in [0.15, 0.2) is 0 Å². The zero-order valence-electron chi connectivity index (χ0n) is 11.5. The highest BCUT2D eigenvalue weighted by atomic mass is 16.5. The van der Waals surface area contributed by atoms with Crippen LogP contribution in [-0.4, -0.2) is 20.5 Å². The summed E-state index contributed by atoms with van der Waals surface area (Å²) in [5, 5.41) is 8.94. The molecular formula is C16H14N2O3. The molecule has 0 spiro atoms. The van der Waals surface area contributed by atoms with Gasteiger partial charge in [0.25, 0.3) is 0 Å². The summed E-state index contributed by atoms with van der Waals surface area (Å²) in [6.45, 7) is 2.31. The van der Waals surface area contributed by atoms with Crippen LogP contribution in [0.5, 0.6) is 5.75 Å². The molecule has 5 heteroatoms. The number of aromatic nitrogens is 2. The molecule has 2 heterocycles. The van der Waals surface area contributed by atoms with Gasteiger partial charge in [-0.15, -0.1) is 0 Å². The van der Waals surface area contributed by atoms with Gasteiger partial charge in [0.2, 0.25) is 0 Å². The fourth-order valence-corrected chi connectivity index (χ4v) is 2.08. The summed E-state index contributed by atoms with van der Waals surface area (Å²) in [5.41, 5.74) is 3.02. The monoisotopic (exact) mass is 282 g/mol. The van der Waals surface area contributed by atoms with Crippen molar-refractivity contribution in [2.24, 2.45) is 0 Å². The minimum Gasteiger partial charge on any atom is -0.487 e. The second-order valence-electron chi connectivity index (χ2n) is 4.82. The molecule has 1 N–H and O–H groups in total. The summed E-state index contributed by atoms with van der Waals surface area (Å²) in [6.07, 6.45) is 3.85. The molecule has 1 aromatic carbocycles. The highest BCUT2D eigenvalue weighted by Crippen LogP contribution is 2.15. The van der Waals surface area contributed by atoms with Crippen molar-refractivity contribution in [3.63, 3.8) is 0 Å². The van der Waals surface area contributed by atoms with Crippen molar-refractivity contribution in [1.29, 1.82) is 0 Å². The summed E-state index contributed by atoms with van der Waals surface area (Å²) in [5.74, 6) is -0.452. The Kier molecular flexibility index (Phi) is 3.31. The Bertz CT molecular complexity index is 808. The maximum atomic E-state index is 10.9. The highest BCUT2D eigenvalue weighted by Gasteiger charge is 2.06. The number of aryl methyl sites for hydroxylation is 1. The molecule has 0 saturated carbocycles. The molecule has 3 aromatic rings. The maximum absolute atomic E-state index is 10.9. The van der Waals surface area contributed by atoms with E-state index in [9.17, 15) is 4.79 Å². The van der Waals surface area contributed by atoms with Crippen LogP contribution in [0.3, 0.4) is 0 Å². The number of carboxylic acids is 1. The van der Waals surface area contributed by atoms with Crippen LogP contribution in [-0.2, 0) is 6.61 Å². The van der Waals surface area contributed by atoms with Crippen molar-refractivity contribution >= 4 is 11.6 Å². The quantitative estimate of drug-likeness (QED) is 0.799. The summed E-state index contributed by atoms with van der Waals surface area (Å²) < 4.78 is 7.53. The first-order valence-corrected chi connectivity index (χ1v) is 6.52. The molecule has 5 nitrogen and oxygen atoms in total. The summed E-state index contributed by atoms with van der Waals surface area (Å²) in [4.78, 5) is 15.4. The van der Waals surface area contributed by atoms with E-state index in [-0.39, 0.29) is 5.56 Å². The summed E-state index contributed by atoms with van der Waals surface area (Å²) >= 11 is 0. The standard InChI is InChI=1S/C16H14N2O3/c1-11-5-6-18-9-13(17-15(18)7-11)10-21-14-4-2-3-12(8-14)16(19)20/h2-9H,10H2,1H3,(H,19,20). The van der Waals surface area contributed by atoms with Crippen LogP contribution in [0.2, 0.25) is 0 Å². The Morgan fingerprint density at radius 3 is 3.00 bits per heavy atom. The van der Waals surface area contributed by atoms with Gasteiger partial charge in [-0.3, -0.25) is 0 Å². The number of ether oxygens (including phenoxy) is 1. The van der Waals surface area contributed by atoms with Gasteiger partial charge < -0.3 is 14.2 Å². The van der Waals surface area contributed by atoms with Gasteiger partial charge in [-0.05, 0) is 42.8 Å². The first-order valence-electron chi connectivity index (χ1n) is 6.52. The van der Waals surface area contributed by atoms with Gasteiger partial charge in [0.1, 0.15) is 18.0 Å². The number of carbonyl (C=O) groups is 1. The minimum absolute atomic E-state index is 0.207. The number of imidazole rings is 1. The highest BCUT2D eigenvalue weighted by molar-refractivity contribution is 5.87. The van der Waals surface area contributed by atoms with Gasteiger partial charge in [0, 0.05) is 12.4 Å². The van der Waals surface area contributed by atoms with Crippen molar-refractivity contribution in [3.8, 4) is 5.75 Å². The number of hydrogen-bond donors (Lipinski definition) is 1. The molecule has 0 amide bonds. The molecule has 2 aromatic heterocycles. The van der Waals surface area contributed by atoms with Crippen molar-refractivity contribution in [1.82, 2.24) is 9.38 Å². The molecule has 0 fully saturated rings. The molecule has 0 aliphatic heterocycles. The third-order valence-electron chi connectivity index (χ3n) is 3.13. The minimum atomic E-state index is -0.969. The topological polar surface area (TPSA) is 63.8 Å². The predicted octanol–water partition coefficient (Wildman–Crippen LogP) is 2.92. The zero-order valence-corrected chi connectivity index (χ0v) is 11.5. The molecule has 0 aliphatic rings. The normalized spacial score (nSPS) is 10.7. The number of aromatic carboxylic acids is 1. The summed E-state index contributed by atoms with van der Waals surface area (Å²) in [7, 11) is 0. The van der Waals surface area contributed by atoms with Crippen LogP contribution < -0.4 is 4.74 Å². The van der Waals surface area contributed by atoms with E-state index in [2.05, 4.69) is 4.98 Å². The number of pyridine rings is 1. The number of nitrogens with zero attached hydrogens (tertiary/aromatic N) is 2. The third kappa shape index (κ3) is 2.86. The lowest BCUT2D eigenvalue weighted by Crippen LogP contribution is -1.99. The number of carboxylic acid groups (broad SMARTS) is 1. The van der Waals surface area contributed by atoms with Crippen LogP contribution in [0.4, 0.5) is 0 Å². The fraction of sp³-hybridized carbons (Fsp3) is 0.125. The van der Waals surface area contributed by atoms with E-state index in [0.29, 0.717) is 12.4 Å². The Morgan fingerprint density at radius 2 is 2.19 bits per heavy atom. The van der Waals surface area contributed by atoms with Gasteiger partial charge in [-0.1, -0.05) is 6.07 Å². The zero-order chi connectivity index (χ0) is 14.8. The summed E-state index contributed by atoms with van der Waals surface area (Å²) in [6, 6.07) is 10.4. The molecule has 21 heavy (non-hydrogen) atoms. The predicted molar refractivity (Wildman–Crippen MR) is 77.7 cm³/mol. The lowest BCUT2D eigenvalue weighted by Gasteiger charge is -2.04. The Labute approximate surface area is 121 Å². The van der Waals surface area contributed by atoms with E-state index in [1.54, 1.807) is 12.1 Å². The molecular weight excluding hydrogens is 268 g/mol. The van der Waals surface area contributed by atoms with Gasteiger partial charge >= 0.3 is 5.97 Å². The molecule has 0 atom stereocenters. The smallest absolute Gasteiger partial charge is 0.335 e. The van der Waals surface area contributed by atoms with Crippen LogP contribution in [0.25, 0.3) is 5.65 Å². The van der Waals surface area contributed by atoms with E-state index in [0.717, 1.165) is 16.9 Å². The van der Waals surface area contributed by atoms with Gasteiger partial charge in [-0.2, -0.15) is 0 Å². The average Bonchev–Trinajstić information content (AvgIpc) is 2.87. The van der Waals surface area contributed by atoms with Gasteiger partial charge in [0.05, 0.1) is 11.3 Å².